The monoisotopic (exact) mass is 532 g/mol. The van der Waals surface area contributed by atoms with E-state index in [2.05, 4.69) is 25.3 Å². The van der Waals surface area contributed by atoms with Crippen molar-refractivity contribution >= 4 is 51.7 Å². The third kappa shape index (κ3) is 4.78. The largest absolute Gasteiger partial charge is 0.368 e. The third-order valence-corrected chi connectivity index (χ3v) is 6.75. The van der Waals surface area contributed by atoms with Crippen molar-refractivity contribution in [2.75, 3.05) is 23.3 Å². The van der Waals surface area contributed by atoms with Crippen LogP contribution in [-0.4, -0.2) is 40.2 Å². The van der Waals surface area contributed by atoms with Gasteiger partial charge in [-0.15, -0.1) is 12.4 Å². The zero-order valence-corrected chi connectivity index (χ0v) is 21.5. The topological polar surface area (TPSA) is 110 Å². The number of carbonyl (C=O) groups is 1. The Kier molecular flexibility index (Phi) is 6.96. The first-order valence-corrected chi connectivity index (χ1v) is 12.2. The number of piperidine rings is 1. The molecule has 0 unspecified atom stereocenters. The lowest BCUT2D eigenvalue weighted by Crippen LogP contribution is -2.43. The molecule has 6 rings (SSSR count). The van der Waals surface area contributed by atoms with E-state index in [1.807, 2.05) is 37.3 Å². The van der Waals surface area contributed by atoms with Gasteiger partial charge in [0.15, 0.2) is 0 Å². The molecule has 1 fully saturated rings. The summed E-state index contributed by atoms with van der Waals surface area (Å²) in [6, 6.07) is 15.6. The summed E-state index contributed by atoms with van der Waals surface area (Å²) in [6.07, 6.45) is 3.49. The number of pyridine rings is 2. The molecule has 1 atom stereocenters. The van der Waals surface area contributed by atoms with Gasteiger partial charge in [0.1, 0.15) is 11.5 Å². The Morgan fingerprint density at radius 1 is 1.16 bits per heavy atom. The first-order valence-electron chi connectivity index (χ1n) is 12.2. The SMILES string of the molecule is Cc1noc2ncc(NC(=O)c3ccc4ccc(-c5cccc(F)c5)cc4n3)c(N3CCC[C@H](N)C3)c12.Cl. The van der Waals surface area contributed by atoms with E-state index >= 15 is 0 Å². The van der Waals surface area contributed by atoms with Gasteiger partial charge in [-0.25, -0.2) is 14.4 Å². The number of nitrogens with one attached hydrogen (secondary N) is 1. The fraction of sp³-hybridized carbons (Fsp3) is 0.214. The van der Waals surface area contributed by atoms with E-state index in [1.165, 1.54) is 12.1 Å². The highest BCUT2D eigenvalue weighted by molar-refractivity contribution is 6.09. The number of aromatic nitrogens is 3. The van der Waals surface area contributed by atoms with Gasteiger partial charge < -0.3 is 20.5 Å². The van der Waals surface area contributed by atoms with Crippen LogP contribution in [0.4, 0.5) is 15.8 Å². The molecule has 1 aliphatic heterocycles. The number of hydrogen-bond donors (Lipinski definition) is 2. The van der Waals surface area contributed by atoms with Crippen LogP contribution in [0.15, 0.2) is 65.3 Å². The van der Waals surface area contributed by atoms with Crippen molar-refractivity contribution < 1.29 is 13.7 Å². The van der Waals surface area contributed by atoms with Crippen molar-refractivity contribution in [3.63, 3.8) is 0 Å². The number of rotatable bonds is 4. The molecule has 0 radical (unpaired) electrons. The maximum absolute atomic E-state index is 13.7. The van der Waals surface area contributed by atoms with Gasteiger partial charge in [0.2, 0.25) is 0 Å². The maximum Gasteiger partial charge on any atom is 0.274 e. The zero-order valence-electron chi connectivity index (χ0n) is 20.6. The number of nitrogens with zero attached hydrogens (tertiary/aromatic N) is 4. The Morgan fingerprint density at radius 3 is 2.79 bits per heavy atom. The van der Waals surface area contributed by atoms with Gasteiger partial charge in [0.05, 0.1) is 34.2 Å². The van der Waals surface area contributed by atoms with E-state index < -0.39 is 0 Å². The van der Waals surface area contributed by atoms with Crippen LogP contribution in [0, 0.1) is 12.7 Å². The van der Waals surface area contributed by atoms with Crippen LogP contribution in [-0.2, 0) is 0 Å². The number of aryl methyl sites for hydroxylation is 1. The van der Waals surface area contributed by atoms with E-state index in [-0.39, 0.29) is 35.9 Å². The van der Waals surface area contributed by atoms with E-state index in [9.17, 15) is 9.18 Å². The number of nitrogens with two attached hydrogens (primary N) is 1. The molecule has 4 heterocycles. The predicted octanol–water partition coefficient (Wildman–Crippen LogP) is 5.49. The lowest BCUT2D eigenvalue weighted by Gasteiger charge is -2.34. The molecule has 3 N–H and O–H groups in total. The molecule has 5 aromatic rings. The fourth-order valence-corrected chi connectivity index (χ4v) is 4.95. The number of benzene rings is 2. The smallest absolute Gasteiger partial charge is 0.274 e. The van der Waals surface area contributed by atoms with Gasteiger partial charge in [-0.1, -0.05) is 35.5 Å². The van der Waals surface area contributed by atoms with Crippen LogP contribution in [0.2, 0.25) is 0 Å². The molecule has 0 bridgehead atoms. The molecular formula is C28H26ClFN6O2. The van der Waals surface area contributed by atoms with E-state index in [4.69, 9.17) is 10.3 Å². The van der Waals surface area contributed by atoms with Gasteiger partial charge in [-0.2, -0.15) is 0 Å². The van der Waals surface area contributed by atoms with Crippen molar-refractivity contribution in [3.8, 4) is 11.1 Å². The number of fused-ring (bicyclic) bond motifs is 2. The summed E-state index contributed by atoms with van der Waals surface area (Å²) >= 11 is 0. The van der Waals surface area contributed by atoms with Crippen LogP contribution >= 0.6 is 12.4 Å². The Labute approximate surface area is 224 Å². The lowest BCUT2D eigenvalue weighted by atomic mass is 10.0. The molecule has 0 aliphatic carbocycles. The van der Waals surface area contributed by atoms with E-state index in [0.29, 0.717) is 29.2 Å². The summed E-state index contributed by atoms with van der Waals surface area (Å²) in [7, 11) is 0. The van der Waals surface area contributed by atoms with Crippen molar-refractivity contribution in [1.82, 2.24) is 15.1 Å². The van der Waals surface area contributed by atoms with Gasteiger partial charge in [0.25, 0.3) is 11.6 Å². The summed E-state index contributed by atoms with van der Waals surface area (Å²) in [6.45, 7) is 3.31. The molecule has 194 valence electrons. The Balaban J connectivity index is 0.00000294. The Bertz CT molecular complexity index is 1660. The molecule has 2 aromatic carbocycles. The minimum Gasteiger partial charge on any atom is -0.368 e. The average molecular weight is 533 g/mol. The summed E-state index contributed by atoms with van der Waals surface area (Å²) in [4.78, 5) is 24.5. The fourth-order valence-electron chi connectivity index (χ4n) is 4.95. The highest BCUT2D eigenvalue weighted by atomic mass is 35.5. The lowest BCUT2D eigenvalue weighted by molar-refractivity contribution is 0.102. The molecule has 1 aliphatic rings. The van der Waals surface area contributed by atoms with Crippen LogP contribution in [0.5, 0.6) is 0 Å². The number of carbonyl (C=O) groups excluding carboxylic acids is 1. The van der Waals surface area contributed by atoms with Crippen LogP contribution in [0.25, 0.3) is 33.1 Å². The first kappa shape index (κ1) is 25.6. The normalized spacial score (nSPS) is 15.4. The molecule has 0 spiro atoms. The maximum atomic E-state index is 13.7. The van der Waals surface area contributed by atoms with Crippen LogP contribution in [0.3, 0.4) is 0 Å². The standard InChI is InChI=1S/C28H25FN6O2.ClH/c1-16-25-26(35-11-3-6-21(30)15-35)24(14-31-28(25)37-34-16)33-27(36)22-10-9-17-7-8-19(13-23(17)32-22)18-4-2-5-20(29)12-18;/h2,4-5,7-10,12-14,21H,3,6,11,15,30H2,1H3,(H,33,36);1H/t21-;/m0./s1. The van der Waals surface area contributed by atoms with Gasteiger partial charge in [-0.05, 0) is 55.2 Å². The molecule has 1 amide bonds. The molecule has 3 aromatic heterocycles. The third-order valence-electron chi connectivity index (χ3n) is 6.75. The van der Waals surface area contributed by atoms with Gasteiger partial charge >= 0.3 is 0 Å². The Morgan fingerprint density at radius 2 is 1.97 bits per heavy atom. The predicted molar refractivity (Wildman–Crippen MR) is 148 cm³/mol. The zero-order chi connectivity index (χ0) is 25.5. The molecule has 1 saturated heterocycles. The van der Waals surface area contributed by atoms with Crippen molar-refractivity contribution in [3.05, 3.63) is 78.0 Å². The van der Waals surface area contributed by atoms with Crippen molar-refractivity contribution in [1.29, 1.82) is 0 Å². The molecule has 10 heteroatoms. The second-order valence-corrected chi connectivity index (χ2v) is 9.39. The van der Waals surface area contributed by atoms with E-state index in [1.54, 1.807) is 18.3 Å². The number of halogens is 2. The highest BCUT2D eigenvalue weighted by Gasteiger charge is 2.26. The Hall–Kier alpha value is -4.08. The number of amides is 1. The highest BCUT2D eigenvalue weighted by Crippen LogP contribution is 2.37. The summed E-state index contributed by atoms with van der Waals surface area (Å²) in [5, 5.41) is 8.72. The summed E-state index contributed by atoms with van der Waals surface area (Å²) < 4.78 is 19.1. The van der Waals surface area contributed by atoms with Crippen molar-refractivity contribution in [2.24, 2.45) is 5.73 Å². The van der Waals surface area contributed by atoms with Gasteiger partial charge in [-0.3, -0.25) is 4.79 Å². The molecule has 38 heavy (non-hydrogen) atoms. The first-order chi connectivity index (χ1) is 18.0. The van der Waals surface area contributed by atoms with Crippen molar-refractivity contribution in [2.45, 2.75) is 25.8 Å². The molecular weight excluding hydrogens is 507 g/mol. The quantitative estimate of drug-likeness (QED) is 0.315. The second kappa shape index (κ2) is 10.4. The van der Waals surface area contributed by atoms with E-state index in [0.717, 1.165) is 47.0 Å². The average Bonchev–Trinajstić information content (AvgIpc) is 3.28. The van der Waals surface area contributed by atoms with Crippen LogP contribution in [0.1, 0.15) is 29.0 Å². The molecule has 0 saturated carbocycles. The molecule has 8 nitrogen and oxygen atoms in total. The minimum atomic E-state index is -0.365. The number of hydrogen-bond acceptors (Lipinski definition) is 7. The summed E-state index contributed by atoms with van der Waals surface area (Å²) in [5.41, 5.74) is 11.2. The minimum absolute atomic E-state index is 0. The second-order valence-electron chi connectivity index (χ2n) is 9.39. The number of anilines is 2. The van der Waals surface area contributed by atoms with Gasteiger partial charge in [0, 0.05) is 24.5 Å². The van der Waals surface area contributed by atoms with Crippen LogP contribution < -0.4 is 16.0 Å². The summed E-state index contributed by atoms with van der Waals surface area (Å²) in [5.74, 6) is -0.673.